The molecule has 1 atom stereocenters. The van der Waals surface area contributed by atoms with E-state index < -0.39 is 40.3 Å². The third kappa shape index (κ3) is 14.6. The molecule has 2 aliphatic heterocycles. The highest BCUT2D eigenvalue weighted by Crippen LogP contribution is 2.50. The number of fused-ring (bicyclic) bond motifs is 2. The van der Waals surface area contributed by atoms with E-state index in [-0.39, 0.29) is 29.2 Å². The summed E-state index contributed by atoms with van der Waals surface area (Å²) in [5.74, 6) is 1.16. The van der Waals surface area contributed by atoms with Gasteiger partial charge in [0.2, 0.25) is 6.54 Å². The Morgan fingerprint density at radius 2 is 1.62 bits per heavy atom. The van der Waals surface area contributed by atoms with Crippen molar-refractivity contribution in [1.29, 1.82) is 0 Å². The molecule has 1 aromatic heterocycles. The van der Waals surface area contributed by atoms with E-state index in [0.717, 1.165) is 113 Å². The summed E-state index contributed by atoms with van der Waals surface area (Å²) in [6, 6.07) is 16.8. The van der Waals surface area contributed by atoms with E-state index in [9.17, 15) is 26.6 Å². The molecule has 0 saturated heterocycles. The Balaban J connectivity index is 1.35. The average molecular weight is 1060 g/mol. The molecule has 0 amide bonds. The van der Waals surface area contributed by atoms with Crippen molar-refractivity contribution in [3.8, 4) is 5.75 Å². The van der Waals surface area contributed by atoms with Gasteiger partial charge in [-0.15, -0.1) is 0 Å². The van der Waals surface area contributed by atoms with E-state index in [1.807, 2.05) is 16.7 Å². The van der Waals surface area contributed by atoms with Crippen LogP contribution in [0.5, 0.6) is 5.75 Å². The molecule has 398 valence electrons. The maximum Gasteiger partial charge on any atom is 0.327 e. The van der Waals surface area contributed by atoms with Crippen LogP contribution in [0.25, 0.3) is 10.4 Å². The Kier molecular flexibility index (Phi) is 19.9. The van der Waals surface area contributed by atoms with Crippen LogP contribution < -0.4 is 14.2 Å². The van der Waals surface area contributed by atoms with Crippen molar-refractivity contribution < 1.29 is 45.0 Å². The first kappa shape index (κ1) is 58.0. The first-order chi connectivity index (χ1) is 34.5. The molecule has 0 fully saturated rings. The molecule has 1 unspecified atom stereocenters. The molecule has 17 heteroatoms. The van der Waals surface area contributed by atoms with E-state index >= 15 is 0 Å². The van der Waals surface area contributed by atoms with Gasteiger partial charge in [-0.2, -0.15) is 8.42 Å². The zero-order chi connectivity index (χ0) is 53.3. The standard InChI is InChI=1S/C56H78N5O9PS2/c1-12-13-30-59-39-47(73(65,66)67)38-49-54(59)58-51(55(49,7)8)27-24-43-19-16-20-44(25-28-52-56(9,10)48-36-42(6)23-26-50(48)60(52)31-18-35-72(62,63)64)53(43)45-21-17-22-46(37-45)68-32-14-15-33-69-71(70-34-29-57-11)61(40(2)3)41(4)5/h17,21-28,36-41H,12-16,18-20,29-35H2,1-10H3,(H3-,62,63,64,65,66,67)/p+1. The second kappa shape index (κ2) is 25.1. The van der Waals surface area contributed by atoms with Crippen LogP contribution in [-0.2, 0) is 36.5 Å². The van der Waals surface area contributed by atoms with Crippen molar-refractivity contribution in [2.75, 3.05) is 43.6 Å². The third-order valence-electron chi connectivity index (χ3n) is 13.7. The fourth-order valence-electron chi connectivity index (χ4n) is 9.99. The number of ether oxygens (including phenoxy) is 1. The van der Waals surface area contributed by atoms with Gasteiger partial charge < -0.3 is 37.2 Å². The zero-order valence-electron chi connectivity index (χ0n) is 44.6. The molecule has 1 aliphatic carbocycles. The van der Waals surface area contributed by atoms with Gasteiger partial charge in [0.15, 0.2) is 5.71 Å². The topological polar surface area (TPSA) is 170 Å². The molecule has 73 heavy (non-hydrogen) atoms. The van der Waals surface area contributed by atoms with Gasteiger partial charge in [-0.25, -0.2) is 15.8 Å². The normalized spacial score (nSPS) is 18.4. The minimum absolute atomic E-state index is 0.0703. The molecule has 6 rings (SSSR count). The number of nitrogens with zero attached hydrogens (tertiary/aromatic N) is 5. The summed E-state index contributed by atoms with van der Waals surface area (Å²) in [5, 5.41) is 0. The lowest BCUT2D eigenvalue weighted by Gasteiger charge is -2.35. The molecule has 0 bridgehead atoms. The molecule has 0 saturated carbocycles. The summed E-state index contributed by atoms with van der Waals surface area (Å²) in [6.45, 7) is 31.1. The number of hydrogen-bond acceptors (Lipinski definition) is 11. The molecule has 3 aromatic rings. The second-order valence-corrected chi connectivity index (χ2v) is 25.3. The third-order valence-corrected chi connectivity index (χ3v) is 17.5. The maximum absolute atomic E-state index is 11.9. The summed E-state index contributed by atoms with van der Waals surface area (Å²) < 4.78 is 87.5. The van der Waals surface area contributed by atoms with Gasteiger partial charge in [-0.1, -0.05) is 69.2 Å². The summed E-state index contributed by atoms with van der Waals surface area (Å²) in [6.07, 6.45) is 16.4. The van der Waals surface area contributed by atoms with Crippen LogP contribution in [0, 0.1) is 13.5 Å². The Morgan fingerprint density at radius 1 is 0.890 bits per heavy atom. The molecule has 4 N–H and O–H groups in total. The Bertz CT molecular complexity index is 2740. The largest absolute Gasteiger partial charge is 0.494 e. The van der Waals surface area contributed by atoms with Gasteiger partial charge in [-0.3, -0.25) is 4.55 Å². The van der Waals surface area contributed by atoms with E-state index in [2.05, 4.69) is 138 Å². The number of rotatable bonds is 25. The lowest BCUT2D eigenvalue weighted by Crippen LogP contribution is -2.36. The highest BCUT2D eigenvalue weighted by molar-refractivity contribution is 8.19. The molecule has 0 spiro atoms. The molecule has 3 aliphatic rings. The van der Waals surface area contributed by atoms with Gasteiger partial charge in [0.05, 0.1) is 36.5 Å². The number of aromatic nitrogens is 1. The summed E-state index contributed by atoms with van der Waals surface area (Å²) in [7, 11) is -9.41. The monoisotopic (exact) mass is 1060 g/mol. The number of aryl methyl sites for hydroxylation is 2. The Hall–Kier alpha value is -4.24. The smallest absolute Gasteiger partial charge is 0.327 e. The van der Waals surface area contributed by atoms with Gasteiger partial charge in [0.1, 0.15) is 34.3 Å². The fourth-order valence-corrected chi connectivity index (χ4v) is 12.7. The van der Waals surface area contributed by atoms with Crippen LogP contribution in [-0.4, -0.2) is 87.8 Å². The molecular formula is C56H79N5O9PS2+. The maximum atomic E-state index is 11.9. The number of anilines is 1. The van der Waals surface area contributed by atoms with Crippen LogP contribution >= 0.6 is 19.4 Å². The van der Waals surface area contributed by atoms with Crippen LogP contribution in [0.2, 0.25) is 0 Å². The lowest BCUT2D eigenvalue weighted by atomic mass is 9.80. The number of pyridine rings is 1. The van der Waals surface area contributed by atoms with Gasteiger partial charge >= 0.3 is 5.82 Å². The van der Waals surface area contributed by atoms with Crippen molar-refractivity contribution in [2.24, 2.45) is 4.99 Å². The van der Waals surface area contributed by atoms with Crippen molar-refractivity contribution in [3.05, 3.63) is 130 Å². The highest BCUT2D eigenvalue weighted by atomic mass is 32.3. The van der Waals surface area contributed by atoms with Gasteiger partial charge in [0.25, 0.3) is 18.6 Å². The number of unbranched alkanes of at least 4 members (excludes halogenated alkanes) is 2. The minimum atomic E-state index is -4.14. The Morgan fingerprint density at radius 3 is 2.30 bits per heavy atom. The minimum Gasteiger partial charge on any atom is -0.494 e. The van der Waals surface area contributed by atoms with Crippen LogP contribution in [0.15, 0.2) is 106 Å². The predicted octanol–water partition coefficient (Wildman–Crippen LogP) is 13.6. The second-order valence-electron chi connectivity index (χ2n) is 20.8. The van der Waals surface area contributed by atoms with E-state index in [0.29, 0.717) is 39.5 Å². The SMILES string of the molecule is [C-]#[N+]CCOP(OCCCCOc1cccc(C2=C(/C=C/C3=Nc4c(cc(S(O)(O)O)c[n+]4CCCC)C3(C)C)CCC/C2=C\C=C2\N(CCCS(=O)(=O)O)c3ccc(C)cc3C2(C)C)c1)N(C(C)C)C(C)C. The van der Waals surface area contributed by atoms with Crippen molar-refractivity contribution >= 4 is 52.3 Å². The molecule has 2 aromatic carbocycles. The molecular weight excluding hydrogens is 982 g/mol. The number of hydrogen-bond donors (Lipinski definition) is 4. The van der Waals surface area contributed by atoms with Crippen molar-refractivity contribution in [2.45, 2.75) is 155 Å². The number of allylic oxidation sites excluding steroid dienone is 8. The fraction of sp³-hybridized carbons (Fsp3) is 0.518. The van der Waals surface area contributed by atoms with Crippen LogP contribution in [0.4, 0.5) is 11.5 Å². The first-order valence-corrected chi connectivity index (χ1v) is 30.0. The van der Waals surface area contributed by atoms with Crippen LogP contribution in [0.3, 0.4) is 0 Å². The molecule has 14 nitrogen and oxygen atoms in total. The predicted molar refractivity (Wildman–Crippen MR) is 298 cm³/mol. The Labute approximate surface area is 438 Å². The highest BCUT2D eigenvalue weighted by Gasteiger charge is 2.44. The van der Waals surface area contributed by atoms with E-state index in [1.54, 1.807) is 12.3 Å². The zero-order valence-corrected chi connectivity index (χ0v) is 47.1. The van der Waals surface area contributed by atoms with Crippen LogP contribution in [0.1, 0.15) is 136 Å². The summed E-state index contributed by atoms with van der Waals surface area (Å²) in [5.41, 5.74) is 9.36. The van der Waals surface area contributed by atoms with E-state index in [1.165, 1.54) is 0 Å². The quantitative estimate of drug-likeness (QED) is 0.0209. The van der Waals surface area contributed by atoms with Gasteiger partial charge in [0, 0.05) is 35.4 Å². The number of aliphatic imine (C=N–C) groups is 1. The average Bonchev–Trinajstić information content (AvgIpc) is 3.69. The summed E-state index contributed by atoms with van der Waals surface area (Å²) >= 11 is 0. The van der Waals surface area contributed by atoms with Gasteiger partial charge in [-0.05, 0) is 163 Å². The molecule has 3 heterocycles. The lowest BCUT2D eigenvalue weighted by molar-refractivity contribution is -0.686. The number of benzene rings is 2. The molecule has 0 radical (unpaired) electrons. The first-order valence-electron chi connectivity index (χ1n) is 25.7. The van der Waals surface area contributed by atoms with E-state index in [4.69, 9.17) is 25.3 Å². The summed E-state index contributed by atoms with van der Waals surface area (Å²) in [4.78, 5) is 10.9. The van der Waals surface area contributed by atoms with Crippen molar-refractivity contribution in [3.63, 3.8) is 0 Å². The van der Waals surface area contributed by atoms with Crippen molar-refractivity contribution in [1.82, 2.24) is 4.67 Å².